The molecule has 1 amide bonds. The van der Waals surface area contributed by atoms with Gasteiger partial charge in [0.15, 0.2) is 11.6 Å². The van der Waals surface area contributed by atoms with Gasteiger partial charge in [0, 0.05) is 26.2 Å². The zero-order valence-electron chi connectivity index (χ0n) is 12.9. The number of ether oxygens (including phenoxy) is 1. The average molecular weight is 325 g/mol. The summed E-state index contributed by atoms with van der Waals surface area (Å²) in [6.45, 7) is 1.59. The summed E-state index contributed by atoms with van der Waals surface area (Å²) in [6.07, 6.45) is 1.85. The van der Waals surface area contributed by atoms with Crippen molar-refractivity contribution in [2.24, 2.45) is 5.92 Å². The van der Waals surface area contributed by atoms with Crippen molar-refractivity contribution >= 4 is 5.91 Å². The monoisotopic (exact) mass is 325 g/mol. The van der Waals surface area contributed by atoms with E-state index in [-0.39, 0.29) is 12.5 Å². The van der Waals surface area contributed by atoms with E-state index < -0.39 is 23.8 Å². The molecule has 1 aromatic rings. The summed E-state index contributed by atoms with van der Waals surface area (Å²) in [7, 11) is 0. The minimum Gasteiger partial charge on any atom is -0.391 e. The molecule has 2 aliphatic heterocycles. The quantitative estimate of drug-likeness (QED) is 0.928. The first kappa shape index (κ1) is 16.3. The highest BCUT2D eigenvalue weighted by atomic mass is 19.2. The lowest BCUT2D eigenvalue weighted by atomic mass is 9.95. The third-order valence-corrected chi connectivity index (χ3v) is 4.73. The molecule has 0 aliphatic carbocycles. The van der Waals surface area contributed by atoms with Gasteiger partial charge in [0.25, 0.3) is 0 Å². The summed E-state index contributed by atoms with van der Waals surface area (Å²) >= 11 is 0. The third kappa shape index (κ3) is 3.70. The predicted molar refractivity (Wildman–Crippen MR) is 79.6 cm³/mol. The molecule has 0 saturated carbocycles. The molecule has 2 saturated heterocycles. The van der Waals surface area contributed by atoms with Gasteiger partial charge in [0.05, 0.1) is 12.1 Å². The number of aliphatic hydroxyl groups is 1. The Hall–Kier alpha value is -1.53. The summed E-state index contributed by atoms with van der Waals surface area (Å²) in [4.78, 5) is 14.2. The highest BCUT2D eigenvalue weighted by Gasteiger charge is 2.36. The number of hydrogen-bond donors (Lipinski definition) is 1. The molecule has 2 fully saturated rings. The molecule has 3 rings (SSSR count). The molecule has 2 aliphatic rings. The van der Waals surface area contributed by atoms with Gasteiger partial charge in [0.1, 0.15) is 0 Å². The smallest absolute Gasteiger partial charge is 0.223 e. The van der Waals surface area contributed by atoms with Crippen molar-refractivity contribution in [2.75, 3.05) is 19.8 Å². The van der Waals surface area contributed by atoms with Crippen molar-refractivity contribution in [1.82, 2.24) is 4.90 Å². The van der Waals surface area contributed by atoms with Crippen molar-refractivity contribution in [3.63, 3.8) is 0 Å². The van der Waals surface area contributed by atoms with E-state index in [9.17, 15) is 18.7 Å². The van der Waals surface area contributed by atoms with Crippen LogP contribution in [0.3, 0.4) is 0 Å². The summed E-state index contributed by atoms with van der Waals surface area (Å²) < 4.78 is 31.9. The Bertz CT molecular complexity index is 575. The van der Waals surface area contributed by atoms with Crippen LogP contribution in [-0.2, 0) is 9.53 Å². The Kier molecular flexibility index (Phi) is 4.92. The van der Waals surface area contributed by atoms with Crippen LogP contribution in [0.4, 0.5) is 8.78 Å². The third-order valence-electron chi connectivity index (χ3n) is 4.73. The van der Waals surface area contributed by atoms with Crippen molar-refractivity contribution in [3.8, 4) is 0 Å². The number of carbonyl (C=O) groups excluding carboxylic acids is 1. The Labute approximate surface area is 134 Å². The number of carbonyl (C=O) groups is 1. The van der Waals surface area contributed by atoms with Crippen LogP contribution in [0.1, 0.15) is 37.3 Å². The minimum absolute atomic E-state index is 0.0387. The maximum atomic E-state index is 13.5. The molecule has 0 unspecified atom stereocenters. The number of halogens is 2. The van der Waals surface area contributed by atoms with Crippen LogP contribution in [0.25, 0.3) is 0 Å². The summed E-state index contributed by atoms with van der Waals surface area (Å²) in [5.74, 6) is -1.59. The number of hydrogen-bond acceptors (Lipinski definition) is 3. The molecule has 6 heteroatoms. The van der Waals surface area contributed by atoms with Gasteiger partial charge in [-0.2, -0.15) is 0 Å². The van der Waals surface area contributed by atoms with Gasteiger partial charge in [0.2, 0.25) is 5.91 Å². The Morgan fingerprint density at radius 1 is 1.26 bits per heavy atom. The van der Waals surface area contributed by atoms with Crippen LogP contribution in [0.2, 0.25) is 0 Å². The van der Waals surface area contributed by atoms with E-state index in [2.05, 4.69) is 0 Å². The standard InChI is InChI=1S/C17H21F2NO3/c18-14-2-1-12(8-15(14)19)16-9-13(21)10-20(16)17(22)7-11-3-5-23-6-4-11/h1-2,8,11,13,16,21H,3-7,9-10H2/t13-,16+/m0/s1. The second-order valence-corrected chi connectivity index (χ2v) is 6.38. The molecule has 0 bridgehead atoms. The molecular weight excluding hydrogens is 304 g/mol. The molecule has 0 spiro atoms. The molecule has 126 valence electrons. The second-order valence-electron chi connectivity index (χ2n) is 6.38. The number of aliphatic hydroxyl groups excluding tert-OH is 1. The fraction of sp³-hybridized carbons (Fsp3) is 0.588. The number of benzene rings is 1. The summed E-state index contributed by atoms with van der Waals surface area (Å²) in [6, 6.07) is 3.27. The van der Waals surface area contributed by atoms with Crippen LogP contribution in [0, 0.1) is 17.6 Å². The number of rotatable bonds is 3. The maximum Gasteiger partial charge on any atom is 0.223 e. The van der Waals surface area contributed by atoms with Crippen molar-refractivity contribution in [2.45, 2.75) is 37.8 Å². The van der Waals surface area contributed by atoms with Gasteiger partial charge in [-0.05, 0) is 42.9 Å². The van der Waals surface area contributed by atoms with E-state index >= 15 is 0 Å². The lowest BCUT2D eigenvalue weighted by Crippen LogP contribution is -2.34. The van der Waals surface area contributed by atoms with E-state index in [1.807, 2.05) is 0 Å². The van der Waals surface area contributed by atoms with E-state index in [4.69, 9.17) is 4.74 Å². The highest BCUT2D eigenvalue weighted by Crippen LogP contribution is 2.34. The molecule has 1 N–H and O–H groups in total. The summed E-state index contributed by atoms with van der Waals surface area (Å²) in [5, 5.41) is 9.93. The Balaban J connectivity index is 1.73. The van der Waals surface area contributed by atoms with Gasteiger partial charge in [-0.25, -0.2) is 8.78 Å². The predicted octanol–water partition coefficient (Wildman–Crippen LogP) is 2.42. The highest BCUT2D eigenvalue weighted by molar-refractivity contribution is 5.77. The van der Waals surface area contributed by atoms with E-state index in [1.54, 1.807) is 4.90 Å². The van der Waals surface area contributed by atoms with Crippen molar-refractivity contribution < 1.29 is 23.4 Å². The first-order valence-electron chi connectivity index (χ1n) is 8.05. The van der Waals surface area contributed by atoms with Crippen molar-refractivity contribution in [3.05, 3.63) is 35.4 Å². The molecule has 2 heterocycles. The number of amides is 1. The molecule has 2 atom stereocenters. The van der Waals surface area contributed by atoms with Gasteiger partial charge >= 0.3 is 0 Å². The molecule has 0 aromatic heterocycles. The maximum absolute atomic E-state index is 13.5. The van der Waals surface area contributed by atoms with E-state index in [1.165, 1.54) is 6.07 Å². The lowest BCUT2D eigenvalue weighted by Gasteiger charge is -2.28. The fourth-order valence-corrected chi connectivity index (χ4v) is 3.44. The van der Waals surface area contributed by atoms with Crippen LogP contribution in [0.15, 0.2) is 18.2 Å². The van der Waals surface area contributed by atoms with Gasteiger partial charge in [-0.1, -0.05) is 6.07 Å². The SMILES string of the molecule is O=C(CC1CCOCC1)N1C[C@@H](O)C[C@@H]1c1ccc(F)c(F)c1. The van der Waals surface area contributed by atoms with E-state index in [0.717, 1.165) is 25.0 Å². The van der Waals surface area contributed by atoms with Crippen LogP contribution in [0.5, 0.6) is 0 Å². The number of β-amino-alcohol motifs (C(OH)–C–C–N with tert-alkyl or cyclic N) is 1. The first-order chi connectivity index (χ1) is 11.0. The Morgan fingerprint density at radius 3 is 2.70 bits per heavy atom. The second kappa shape index (κ2) is 6.93. The zero-order valence-corrected chi connectivity index (χ0v) is 12.9. The number of likely N-dealkylation sites (tertiary alicyclic amines) is 1. The molecule has 1 aromatic carbocycles. The topological polar surface area (TPSA) is 49.8 Å². The van der Waals surface area contributed by atoms with Crippen LogP contribution < -0.4 is 0 Å². The van der Waals surface area contributed by atoms with Gasteiger partial charge < -0.3 is 14.7 Å². The molecule has 4 nitrogen and oxygen atoms in total. The molecule has 23 heavy (non-hydrogen) atoms. The largest absolute Gasteiger partial charge is 0.391 e. The molecular formula is C17H21F2NO3. The van der Waals surface area contributed by atoms with Gasteiger partial charge in [-0.15, -0.1) is 0 Å². The van der Waals surface area contributed by atoms with Crippen LogP contribution >= 0.6 is 0 Å². The van der Waals surface area contributed by atoms with Gasteiger partial charge in [-0.3, -0.25) is 4.79 Å². The first-order valence-corrected chi connectivity index (χ1v) is 8.05. The van der Waals surface area contributed by atoms with E-state index in [0.29, 0.717) is 37.5 Å². The normalized spacial score (nSPS) is 25.8. The average Bonchev–Trinajstić information content (AvgIpc) is 2.93. The number of nitrogens with zero attached hydrogens (tertiary/aromatic N) is 1. The zero-order chi connectivity index (χ0) is 16.4. The molecule has 0 radical (unpaired) electrons. The summed E-state index contributed by atoms with van der Waals surface area (Å²) in [5.41, 5.74) is 0.528. The van der Waals surface area contributed by atoms with Crippen molar-refractivity contribution in [1.29, 1.82) is 0 Å². The fourth-order valence-electron chi connectivity index (χ4n) is 3.44. The lowest BCUT2D eigenvalue weighted by molar-refractivity contribution is -0.134. The minimum atomic E-state index is -0.930. The Morgan fingerprint density at radius 2 is 2.00 bits per heavy atom. The van der Waals surface area contributed by atoms with Crippen LogP contribution in [-0.4, -0.2) is 41.8 Å².